The molecule has 7 atom stereocenters. The first-order valence-electron chi connectivity index (χ1n) is 22.3. The van der Waals surface area contributed by atoms with Crippen LogP contribution in [0.1, 0.15) is 97.5 Å². The molecule has 0 radical (unpaired) electrons. The van der Waals surface area contributed by atoms with E-state index in [4.69, 9.17) is 19.2 Å². The third-order valence-corrected chi connectivity index (χ3v) is 15.8. The van der Waals surface area contributed by atoms with Gasteiger partial charge in [0.1, 0.15) is 41.8 Å². The number of hydrogen-bond acceptors (Lipinski definition) is 11. The number of rotatable bonds is 11. The zero-order valence-electron chi connectivity index (χ0n) is 36.3. The number of hydrogen-bond donors (Lipinski definition) is 3. The molecule has 1 aromatic heterocycles. The molecule has 2 saturated heterocycles. The van der Waals surface area contributed by atoms with E-state index < -0.39 is 79.8 Å². The van der Waals surface area contributed by atoms with E-state index in [1.54, 1.807) is 6.92 Å². The van der Waals surface area contributed by atoms with Gasteiger partial charge in [-0.05, 0) is 81.8 Å². The Bertz CT molecular complexity index is 2210. The number of nitrogens with one attached hydrogen (secondary N) is 3. The van der Waals surface area contributed by atoms with Gasteiger partial charge in [0.25, 0.3) is 5.91 Å². The Labute approximate surface area is 363 Å². The number of aromatic nitrogens is 1. The first kappa shape index (κ1) is 44.1. The Balaban J connectivity index is 1.12. The van der Waals surface area contributed by atoms with Gasteiger partial charge in [0, 0.05) is 37.4 Å². The number of para-hydroxylation sites is 1. The van der Waals surface area contributed by atoms with Crippen LogP contribution in [0.25, 0.3) is 10.9 Å². The minimum absolute atomic E-state index is 0.00496. The SMILES string of the molecule is C=CC1C[C@]1(NC(=O)[C@@H]1C[C@@H]2CN1C(=O)[C@H](C(C)(C)C)NC(=O)O[C@@H]1CC1CCCCCc1c(nc3ccccc3c1OCCCN1CC(F)C1)O2)C(=O)NS(=O)(=O)C1(C)CC1. The highest BCUT2D eigenvalue weighted by atomic mass is 32.2. The molecule has 4 heterocycles. The van der Waals surface area contributed by atoms with Gasteiger partial charge in [0.2, 0.25) is 27.7 Å². The van der Waals surface area contributed by atoms with Crippen LogP contribution in [-0.2, 0) is 35.6 Å². The number of pyridine rings is 1. The maximum absolute atomic E-state index is 14.8. The van der Waals surface area contributed by atoms with Crippen LogP contribution in [0.2, 0.25) is 0 Å². The van der Waals surface area contributed by atoms with Crippen molar-refractivity contribution in [1.29, 1.82) is 0 Å². The van der Waals surface area contributed by atoms with E-state index >= 15 is 0 Å². The summed E-state index contributed by atoms with van der Waals surface area (Å²) in [6.07, 6.45) is 5.53. The molecule has 0 spiro atoms. The average molecular weight is 881 g/mol. The number of nitrogens with zero attached hydrogens (tertiary/aromatic N) is 3. The number of carbonyl (C=O) groups is 4. The summed E-state index contributed by atoms with van der Waals surface area (Å²) in [6.45, 7) is 12.8. The van der Waals surface area contributed by atoms with Gasteiger partial charge in [-0.3, -0.25) is 24.0 Å². The Morgan fingerprint density at radius 2 is 1.85 bits per heavy atom. The fourth-order valence-corrected chi connectivity index (χ4v) is 10.5. The molecule has 3 N–H and O–H groups in total. The molecule has 2 unspecified atom stereocenters. The average Bonchev–Trinajstić information content (AvgIpc) is 4.16. The van der Waals surface area contributed by atoms with E-state index in [9.17, 15) is 32.0 Å². The van der Waals surface area contributed by atoms with Crippen molar-refractivity contribution in [2.45, 2.75) is 139 Å². The Morgan fingerprint density at radius 1 is 1.10 bits per heavy atom. The second-order valence-corrected chi connectivity index (χ2v) is 21.9. The molecule has 3 aliphatic heterocycles. The van der Waals surface area contributed by atoms with Crippen molar-refractivity contribution in [1.82, 2.24) is 30.1 Å². The standard InChI is InChI=1S/C45H61FN6O9S/c1-6-28-23-45(28,41(55)50-62(57,58)44(5)17-18-44)49-38(53)34-22-30-26-52(34)40(54)37(43(2,3)4)48-42(56)61-35-21-27(35)13-8-7-9-15-32-36(59-20-12-19-51-24-29(46)25-51)31-14-10-11-16-33(31)47-39(32)60-30/h6,10-11,14,16,27-30,34-35,37H,1,7-9,12-13,15,17-26H2,2-5H3,(H,48,56)(H,49,53)(H,50,55)/t27?,28?,30-,34+,35-,37-,45-/m1/s1. The van der Waals surface area contributed by atoms with Gasteiger partial charge < -0.3 is 29.7 Å². The lowest BCUT2D eigenvalue weighted by Crippen LogP contribution is -2.60. The number of halogens is 1. The van der Waals surface area contributed by atoms with E-state index in [2.05, 4.69) is 26.8 Å². The number of sulfonamides is 1. The molecule has 6 aliphatic rings. The monoisotopic (exact) mass is 880 g/mol. The molecule has 8 rings (SSSR count). The maximum Gasteiger partial charge on any atom is 0.408 e. The van der Waals surface area contributed by atoms with Crippen LogP contribution in [0.3, 0.4) is 0 Å². The summed E-state index contributed by atoms with van der Waals surface area (Å²) < 4.78 is 60.2. The maximum atomic E-state index is 14.8. The number of benzene rings is 1. The van der Waals surface area contributed by atoms with Gasteiger partial charge in [-0.25, -0.2) is 22.6 Å². The molecule has 62 heavy (non-hydrogen) atoms. The largest absolute Gasteiger partial charge is 0.492 e. The highest BCUT2D eigenvalue weighted by Gasteiger charge is 2.63. The molecule has 15 nitrogen and oxygen atoms in total. The van der Waals surface area contributed by atoms with Crippen LogP contribution < -0.4 is 24.8 Å². The summed E-state index contributed by atoms with van der Waals surface area (Å²) in [4.78, 5) is 65.1. The summed E-state index contributed by atoms with van der Waals surface area (Å²) in [7, 11) is -4.02. The molecular weight excluding hydrogens is 820 g/mol. The minimum Gasteiger partial charge on any atom is -0.492 e. The molecule has 5 fully saturated rings. The van der Waals surface area contributed by atoms with Crippen molar-refractivity contribution in [3.63, 3.8) is 0 Å². The van der Waals surface area contributed by atoms with Crippen LogP contribution in [-0.4, -0.2) is 121 Å². The quantitative estimate of drug-likeness (QED) is 0.210. The van der Waals surface area contributed by atoms with Crippen LogP contribution in [0.15, 0.2) is 36.9 Å². The predicted octanol–water partition coefficient (Wildman–Crippen LogP) is 4.71. The van der Waals surface area contributed by atoms with Crippen molar-refractivity contribution in [3.8, 4) is 11.6 Å². The van der Waals surface area contributed by atoms with Crippen LogP contribution in [0, 0.1) is 17.3 Å². The van der Waals surface area contributed by atoms with Gasteiger partial charge in [0.05, 0.1) is 29.0 Å². The summed E-state index contributed by atoms with van der Waals surface area (Å²) in [5, 5.41) is 6.49. The van der Waals surface area contributed by atoms with Gasteiger partial charge in [-0.2, -0.15) is 0 Å². The highest BCUT2D eigenvalue weighted by Crippen LogP contribution is 2.47. The predicted molar refractivity (Wildman–Crippen MR) is 229 cm³/mol. The lowest BCUT2D eigenvalue weighted by Gasteiger charge is -2.35. The van der Waals surface area contributed by atoms with Gasteiger partial charge in [0.15, 0.2) is 0 Å². The Morgan fingerprint density at radius 3 is 2.55 bits per heavy atom. The summed E-state index contributed by atoms with van der Waals surface area (Å²) in [5.74, 6) is -1.39. The molecule has 2 bridgehead atoms. The smallest absolute Gasteiger partial charge is 0.408 e. The zero-order chi connectivity index (χ0) is 44.2. The molecule has 4 amide bonds. The summed E-state index contributed by atoms with van der Waals surface area (Å²) in [5.41, 5.74) is -0.981. The molecular formula is C45H61FN6O9S. The molecule has 2 aromatic rings. The number of likely N-dealkylation sites (tertiary alicyclic amines) is 1. The third kappa shape index (κ3) is 9.11. The number of amides is 4. The Kier molecular flexibility index (Phi) is 12.0. The lowest BCUT2D eigenvalue weighted by molar-refractivity contribution is -0.142. The van der Waals surface area contributed by atoms with Gasteiger partial charge in [-0.15, -0.1) is 6.58 Å². The molecule has 1 aromatic carbocycles. The second-order valence-electron chi connectivity index (χ2n) is 19.7. The van der Waals surface area contributed by atoms with Gasteiger partial charge in [-0.1, -0.05) is 51.8 Å². The fraction of sp³-hybridized carbons (Fsp3) is 0.667. The fourth-order valence-electron chi connectivity index (χ4n) is 9.14. The summed E-state index contributed by atoms with van der Waals surface area (Å²) >= 11 is 0. The first-order valence-corrected chi connectivity index (χ1v) is 23.8. The van der Waals surface area contributed by atoms with E-state index in [0.29, 0.717) is 69.1 Å². The van der Waals surface area contributed by atoms with Crippen molar-refractivity contribution >= 4 is 44.7 Å². The number of alkyl halides is 1. The Hall–Kier alpha value is -4.51. The first-order chi connectivity index (χ1) is 29.4. The lowest BCUT2D eigenvalue weighted by atomic mass is 9.85. The van der Waals surface area contributed by atoms with Crippen molar-refractivity contribution < 1.29 is 46.2 Å². The van der Waals surface area contributed by atoms with E-state index in [1.807, 2.05) is 45.0 Å². The molecule has 17 heteroatoms. The number of alkyl carbamates (subject to hydrolysis) is 1. The second kappa shape index (κ2) is 16.9. The van der Waals surface area contributed by atoms with Crippen LogP contribution >= 0.6 is 0 Å². The number of carbonyl (C=O) groups excluding carboxylic acids is 4. The van der Waals surface area contributed by atoms with Crippen molar-refractivity contribution in [2.75, 3.05) is 32.8 Å². The topological polar surface area (TPSA) is 186 Å². The third-order valence-electron chi connectivity index (χ3n) is 13.7. The highest BCUT2D eigenvalue weighted by molar-refractivity contribution is 7.91. The normalized spacial score (nSPS) is 30.2. The van der Waals surface area contributed by atoms with Crippen molar-refractivity contribution in [3.05, 3.63) is 42.5 Å². The number of ether oxygens (including phenoxy) is 3. The van der Waals surface area contributed by atoms with Crippen LogP contribution in [0.4, 0.5) is 9.18 Å². The van der Waals surface area contributed by atoms with E-state index in [-0.39, 0.29) is 31.4 Å². The number of fused-ring (bicyclic) bond motifs is 5. The van der Waals surface area contributed by atoms with E-state index in [0.717, 1.165) is 43.1 Å². The van der Waals surface area contributed by atoms with Crippen LogP contribution in [0.5, 0.6) is 11.6 Å². The summed E-state index contributed by atoms with van der Waals surface area (Å²) in [6, 6.07) is 5.37. The van der Waals surface area contributed by atoms with E-state index in [1.165, 1.54) is 11.0 Å². The van der Waals surface area contributed by atoms with Crippen molar-refractivity contribution in [2.24, 2.45) is 17.3 Å². The zero-order valence-corrected chi connectivity index (χ0v) is 37.1. The molecule has 3 saturated carbocycles. The minimum atomic E-state index is -4.02. The molecule has 338 valence electrons. The molecule has 3 aliphatic carbocycles. The van der Waals surface area contributed by atoms with Gasteiger partial charge >= 0.3 is 6.09 Å².